The summed E-state index contributed by atoms with van der Waals surface area (Å²) in [4.78, 5) is 16.3. The Labute approximate surface area is 123 Å². The van der Waals surface area contributed by atoms with Crippen molar-refractivity contribution in [2.24, 2.45) is 5.14 Å². The monoisotopic (exact) mass is 358 g/mol. The van der Waals surface area contributed by atoms with Gasteiger partial charge in [0.2, 0.25) is 15.9 Å². The van der Waals surface area contributed by atoms with E-state index in [4.69, 9.17) is 5.14 Å². The first kappa shape index (κ1) is 13.5. The molecule has 1 aliphatic carbocycles. The second-order valence-electron chi connectivity index (χ2n) is 4.71. The van der Waals surface area contributed by atoms with Gasteiger partial charge in [0.05, 0.1) is 6.20 Å². The number of amides is 1. The lowest BCUT2D eigenvalue weighted by Gasteiger charge is -2.12. The third-order valence-corrected chi connectivity index (χ3v) is 5.56. The number of carbonyl (C=O) groups is 1. The van der Waals surface area contributed by atoms with Gasteiger partial charge in [0.25, 0.3) is 0 Å². The van der Waals surface area contributed by atoms with Gasteiger partial charge in [-0.3, -0.25) is 9.20 Å². The van der Waals surface area contributed by atoms with Crippen molar-refractivity contribution in [3.63, 3.8) is 0 Å². The van der Waals surface area contributed by atoms with E-state index in [0.717, 1.165) is 4.47 Å². The summed E-state index contributed by atoms with van der Waals surface area (Å²) in [6.07, 6.45) is 3.69. The molecule has 1 amide bonds. The van der Waals surface area contributed by atoms with Crippen LogP contribution in [0.3, 0.4) is 0 Å². The van der Waals surface area contributed by atoms with Crippen molar-refractivity contribution in [2.45, 2.75) is 17.6 Å². The van der Waals surface area contributed by atoms with E-state index in [2.05, 4.69) is 26.2 Å². The summed E-state index contributed by atoms with van der Waals surface area (Å²) in [7, 11) is -3.90. The third kappa shape index (κ3) is 2.02. The van der Waals surface area contributed by atoms with Crippen LogP contribution in [0.1, 0.15) is 12.8 Å². The Kier molecular flexibility index (Phi) is 2.89. The molecule has 2 aromatic rings. The fraction of sp³-hybridized carbons (Fsp3) is 0.273. The van der Waals surface area contributed by atoms with E-state index in [0.29, 0.717) is 11.5 Å². The zero-order valence-electron chi connectivity index (χ0n) is 10.2. The van der Waals surface area contributed by atoms with Gasteiger partial charge in [-0.2, -0.15) is 0 Å². The van der Waals surface area contributed by atoms with Crippen LogP contribution in [0.5, 0.6) is 0 Å². The van der Waals surface area contributed by atoms with Crippen LogP contribution < -0.4 is 10.5 Å². The molecule has 0 aromatic carbocycles. The maximum atomic E-state index is 12.1. The molecule has 1 saturated carbocycles. The van der Waals surface area contributed by atoms with Gasteiger partial charge in [0.15, 0.2) is 4.75 Å². The van der Waals surface area contributed by atoms with Gasteiger partial charge in [0, 0.05) is 10.7 Å². The zero-order valence-corrected chi connectivity index (χ0v) is 12.6. The molecule has 1 fully saturated rings. The molecule has 2 aromatic heterocycles. The van der Waals surface area contributed by atoms with E-state index in [1.807, 2.05) is 0 Å². The quantitative estimate of drug-likeness (QED) is 0.848. The van der Waals surface area contributed by atoms with Crippen molar-refractivity contribution in [1.82, 2.24) is 9.38 Å². The number of primary sulfonamides is 1. The predicted octanol–water partition coefficient (Wildman–Crippen LogP) is 0.856. The number of fused-ring (bicyclic) bond motifs is 1. The van der Waals surface area contributed by atoms with Gasteiger partial charge in [-0.1, -0.05) is 15.9 Å². The van der Waals surface area contributed by atoms with E-state index in [1.165, 1.54) is 6.20 Å². The molecule has 0 saturated heterocycles. The molecule has 0 bridgehead atoms. The van der Waals surface area contributed by atoms with Gasteiger partial charge >= 0.3 is 0 Å². The van der Waals surface area contributed by atoms with Crippen LogP contribution in [0, 0.1) is 0 Å². The molecular weight excluding hydrogens is 348 g/mol. The van der Waals surface area contributed by atoms with Crippen LogP contribution in [0.15, 0.2) is 29.0 Å². The molecule has 3 rings (SSSR count). The SMILES string of the molecule is NS(=O)(=O)C1(C(=O)Nc2cnc3cc(Br)ccn23)CC1. The molecule has 20 heavy (non-hydrogen) atoms. The minimum absolute atomic E-state index is 0.250. The van der Waals surface area contributed by atoms with E-state index in [-0.39, 0.29) is 12.8 Å². The summed E-state index contributed by atoms with van der Waals surface area (Å²) in [5.74, 6) is -0.197. The summed E-state index contributed by atoms with van der Waals surface area (Å²) in [6, 6.07) is 3.57. The molecule has 7 nitrogen and oxygen atoms in total. The summed E-state index contributed by atoms with van der Waals surface area (Å²) in [6.45, 7) is 0. The minimum Gasteiger partial charge on any atom is -0.309 e. The molecule has 0 unspecified atom stereocenters. The van der Waals surface area contributed by atoms with Gasteiger partial charge in [-0.15, -0.1) is 0 Å². The number of nitrogens with two attached hydrogens (primary N) is 1. The van der Waals surface area contributed by atoms with E-state index in [9.17, 15) is 13.2 Å². The minimum atomic E-state index is -3.90. The molecule has 0 spiro atoms. The molecule has 106 valence electrons. The highest BCUT2D eigenvalue weighted by atomic mass is 79.9. The van der Waals surface area contributed by atoms with Crippen LogP contribution in [0.4, 0.5) is 5.82 Å². The van der Waals surface area contributed by atoms with Gasteiger partial charge in [0.1, 0.15) is 11.5 Å². The molecule has 3 N–H and O–H groups in total. The average molecular weight is 359 g/mol. The Morgan fingerprint density at radius 1 is 1.50 bits per heavy atom. The number of imidazole rings is 1. The van der Waals surface area contributed by atoms with Crippen LogP contribution in [-0.2, 0) is 14.8 Å². The predicted molar refractivity (Wildman–Crippen MR) is 76.6 cm³/mol. The highest BCUT2D eigenvalue weighted by Crippen LogP contribution is 2.43. The molecule has 1 aliphatic rings. The first-order valence-corrected chi connectivity index (χ1v) is 8.14. The molecule has 0 aliphatic heterocycles. The average Bonchev–Trinajstić information content (AvgIpc) is 3.09. The number of nitrogens with zero attached hydrogens (tertiary/aromatic N) is 2. The number of halogens is 1. The Balaban J connectivity index is 1.93. The summed E-state index contributed by atoms with van der Waals surface area (Å²) in [5.41, 5.74) is 0.634. The second kappa shape index (κ2) is 4.27. The molecule has 2 heterocycles. The van der Waals surface area contributed by atoms with Crippen LogP contribution >= 0.6 is 15.9 Å². The Bertz CT molecular complexity index is 810. The molecule has 9 heteroatoms. The lowest BCUT2D eigenvalue weighted by atomic mass is 10.4. The molecule has 0 atom stereocenters. The third-order valence-electron chi connectivity index (χ3n) is 3.38. The van der Waals surface area contributed by atoms with Crippen molar-refractivity contribution in [3.05, 3.63) is 29.0 Å². The number of hydrogen-bond acceptors (Lipinski definition) is 4. The zero-order chi connectivity index (χ0) is 14.5. The summed E-state index contributed by atoms with van der Waals surface area (Å²) < 4.78 is 24.0. The van der Waals surface area contributed by atoms with Gasteiger partial charge < -0.3 is 5.32 Å². The largest absolute Gasteiger partial charge is 0.309 e. The van der Waals surface area contributed by atoms with Crippen molar-refractivity contribution < 1.29 is 13.2 Å². The maximum absolute atomic E-state index is 12.1. The Hall–Kier alpha value is -1.45. The Morgan fingerprint density at radius 3 is 2.80 bits per heavy atom. The maximum Gasteiger partial charge on any atom is 0.248 e. The van der Waals surface area contributed by atoms with Gasteiger partial charge in [-0.25, -0.2) is 18.5 Å². The van der Waals surface area contributed by atoms with Crippen molar-refractivity contribution in [2.75, 3.05) is 5.32 Å². The standard InChI is InChI=1S/C11H11BrN4O3S/c12-7-1-4-16-8(5-7)14-6-9(16)15-10(17)11(2-3-11)20(13,18)19/h1,4-6H,2-3H2,(H,15,17)(H2,13,18,19). The van der Waals surface area contributed by atoms with E-state index < -0.39 is 20.7 Å². The number of nitrogens with one attached hydrogen (secondary N) is 1. The molecule has 0 radical (unpaired) electrons. The number of aromatic nitrogens is 2. The number of rotatable bonds is 3. The van der Waals surface area contributed by atoms with Crippen molar-refractivity contribution in [3.8, 4) is 0 Å². The van der Waals surface area contributed by atoms with Crippen molar-refractivity contribution in [1.29, 1.82) is 0 Å². The highest BCUT2D eigenvalue weighted by molar-refractivity contribution is 9.10. The number of anilines is 1. The number of hydrogen-bond donors (Lipinski definition) is 2. The van der Waals surface area contributed by atoms with E-state index >= 15 is 0 Å². The van der Waals surface area contributed by atoms with E-state index in [1.54, 1.807) is 22.7 Å². The van der Waals surface area contributed by atoms with Crippen molar-refractivity contribution >= 4 is 43.3 Å². The fourth-order valence-electron chi connectivity index (χ4n) is 2.03. The van der Waals surface area contributed by atoms with Gasteiger partial charge in [-0.05, 0) is 25.0 Å². The fourth-order valence-corrected chi connectivity index (χ4v) is 3.34. The summed E-state index contributed by atoms with van der Waals surface area (Å²) in [5, 5.41) is 7.70. The highest BCUT2D eigenvalue weighted by Gasteiger charge is 2.59. The molecular formula is C11H11BrN4O3S. The second-order valence-corrected chi connectivity index (χ2v) is 7.50. The lowest BCUT2D eigenvalue weighted by Crippen LogP contribution is -2.41. The summed E-state index contributed by atoms with van der Waals surface area (Å²) >= 11 is 3.32. The number of carbonyl (C=O) groups excluding carboxylic acids is 1. The first-order chi connectivity index (χ1) is 9.33. The lowest BCUT2D eigenvalue weighted by molar-refractivity contribution is -0.116. The first-order valence-electron chi connectivity index (χ1n) is 5.80. The topological polar surface area (TPSA) is 107 Å². The Morgan fingerprint density at radius 2 is 2.20 bits per heavy atom. The smallest absolute Gasteiger partial charge is 0.248 e. The number of sulfonamides is 1. The van der Waals surface area contributed by atoms with Crippen LogP contribution in [-0.4, -0.2) is 28.5 Å². The van der Waals surface area contributed by atoms with Crippen LogP contribution in [0.2, 0.25) is 0 Å². The number of pyridine rings is 1. The normalized spacial score (nSPS) is 17.1. The van der Waals surface area contributed by atoms with Crippen LogP contribution in [0.25, 0.3) is 5.65 Å².